The molecule has 8 aromatic rings. The molecule has 0 N–H and O–H groups in total. The normalized spacial score (nSPS) is 18.9. The molecule has 314 valence electrons. The Labute approximate surface area is 360 Å². The lowest BCUT2D eigenvalue weighted by Gasteiger charge is -2.45. The summed E-state index contributed by atoms with van der Waals surface area (Å²) < 4.78 is 53.2. The fraction of sp³-hybridized carbons (Fsp3) is 0.226. The van der Waals surface area contributed by atoms with Crippen LogP contribution in [-0.2, 0) is 45.4 Å². The van der Waals surface area contributed by atoms with Gasteiger partial charge >= 0.3 is 5.63 Å². The van der Waals surface area contributed by atoms with E-state index in [1.54, 1.807) is 7.11 Å². The van der Waals surface area contributed by atoms with E-state index in [4.69, 9.17) is 37.6 Å². The first kappa shape index (κ1) is 40.9. The molecule has 1 aliphatic heterocycles. The van der Waals surface area contributed by atoms with E-state index in [2.05, 4.69) is 0 Å². The fourth-order valence-electron chi connectivity index (χ4n) is 8.22. The van der Waals surface area contributed by atoms with Gasteiger partial charge in [-0.15, -0.1) is 0 Å². The van der Waals surface area contributed by atoms with Gasteiger partial charge in [0.1, 0.15) is 47.8 Å². The average Bonchev–Trinajstić information content (AvgIpc) is 3.31. The highest BCUT2D eigenvalue weighted by molar-refractivity contribution is 6.18. The van der Waals surface area contributed by atoms with Crippen LogP contribution in [0.2, 0.25) is 0 Å². The van der Waals surface area contributed by atoms with Gasteiger partial charge in [0.05, 0.1) is 43.8 Å². The van der Waals surface area contributed by atoms with E-state index in [1.807, 2.05) is 172 Å². The van der Waals surface area contributed by atoms with E-state index in [1.165, 1.54) is 0 Å². The monoisotopic (exact) mass is 828 g/mol. The molecule has 9 heteroatoms. The molecule has 0 spiro atoms. The van der Waals surface area contributed by atoms with Crippen molar-refractivity contribution in [1.82, 2.24) is 0 Å². The van der Waals surface area contributed by atoms with Crippen molar-refractivity contribution in [3.63, 3.8) is 0 Å². The first-order valence-corrected chi connectivity index (χ1v) is 20.9. The number of aryl methyl sites for hydroxylation is 1. The van der Waals surface area contributed by atoms with Gasteiger partial charge in [0.15, 0.2) is 0 Å². The molecule has 0 amide bonds. The molecular weight excluding hydrogens is 781 g/mol. The number of ether oxygens (including phenoxy) is 7. The van der Waals surface area contributed by atoms with Crippen LogP contribution >= 0.6 is 0 Å². The van der Waals surface area contributed by atoms with E-state index in [-0.39, 0.29) is 6.61 Å². The van der Waals surface area contributed by atoms with Gasteiger partial charge in [-0.05, 0) is 65.9 Å². The molecule has 0 aliphatic carbocycles. The van der Waals surface area contributed by atoms with Gasteiger partial charge in [0, 0.05) is 16.2 Å². The maximum absolute atomic E-state index is 13.7. The molecule has 2 heterocycles. The van der Waals surface area contributed by atoms with Gasteiger partial charge in [0.2, 0.25) is 6.29 Å². The van der Waals surface area contributed by atoms with Gasteiger partial charge in [-0.25, -0.2) is 4.79 Å². The smallest absolute Gasteiger partial charge is 0.344 e. The Morgan fingerprint density at radius 1 is 0.516 bits per heavy atom. The van der Waals surface area contributed by atoms with Gasteiger partial charge in [-0.1, -0.05) is 133 Å². The second-order valence-electron chi connectivity index (χ2n) is 15.6. The highest BCUT2D eigenvalue weighted by Crippen LogP contribution is 2.44. The largest absolute Gasteiger partial charge is 0.496 e. The molecule has 0 bridgehead atoms. The molecule has 1 unspecified atom stereocenters. The Balaban J connectivity index is 1.19. The van der Waals surface area contributed by atoms with Crippen LogP contribution in [0.15, 0.2) is 167 Å². The van der Waals surface area contributed by atoms with Gasteiger partial charge < -0.3 is 37.6 Å². The van der Waals surface area contributed by atoms with E-state index >= 15 is 0 Å². The number of hydrogen-bond acceptors (Lipinski definition) is 9. The number of hydrogen-bond donors (Lipinski definition) is 0. The Bertz CT molecular complexity index is 2810. The van der Waals surface area contributed by atoms with E-state index in [0.29, 0.717) is 69.6 Å². The average molecular weight is 829 g/mol. The van der Waals surface area contributed by atoms with E-state index in [9.17, 15) is 4.79 Å². The minimum atomic E-state index is -1.000. The summed E-state index contributed by atoms with van der Waals surface area (Å²) in [4.78, 5) is 13.7. The molecule has 9 nitrogen and oxygen atoms in total. The second-order valence-corrected chi connectivity index (χ2v) is 15.6. The third-order valence-electron chi connectivity index (χ3n) is 11.3. The van der Waals surface area contributed by atoms with Crippen molar-refractivity contribution < 1.29 is 37.6 Å². The van der Waals surface area contributed by atoms with E-state index < -0.39 is 36.3 Å². The molecule has 7 aromatic carbocycles. The highest BCUT2D eigenvalue weighted by atomic mass is 16.7. The topological polar surface area (TPSA) is 94.8 Å². The lowest BCUT2D eigenvalue weighted by atomic mass is 9.97. The van der Waals surface area contributed by atoms with Crippen molar-refractivity contribution in [1.29, 1.82) is 0 Å². The summed E-state index contributed by atoms with van der Waals surface area (Å²) in [6.07, 6.45) is -3.47. The lowest BCUT2D eigenvalue weighted by Crippen LogP contribution is -2.60. The molecule has 1 saturated heterocycles. The molecule has 62 heavy (non-hydrogen) atoms. The standard InChI is InChI=1S/C53H48O9/c1-34-27-42-46(44(28-34)55-3)41-29-45(47-40(49(41)62-52(42)54)25-16-26-43(47)56-30-36-17-8-4-9-18-36)61-53-51(59-33-39-23-14-7-15-24-39)50(58-32-38-21-12-6-13-22-38)48(35(2)60-53)57-31-37-19-10-5-11-20-37/h4-29,35,48,50-51,53H,30-33H2,1-3H3/t35-,48-,50+,51+,53?/m0/s1. The van der Waals surface area contributed by atoms with Crippen LogP contribution in [-0.4, -0.2) is 37.8 Å². The number of fused-ring (bicyclic) bond motifs is 5. The summed E-state index contributed by atoms with van der Waals surface area (Å²) in [5.41, 5.74) is 4.77. The molecule has 5 atom stereocenters. The van der Waals surface area contributed by atoms with Crippen molar-refractivity contribution >= 4 is 32.5 Å². The van der Waals surface area contributed by atoms with Gasteiger partial charge in [0.25, 0.3) is 0 Å². The van der Waals surface area contributed by atoms with Crippen LogP contribution in [0.5, 0.6) is 17.2 Å². The fourth-order valence-corrected chi connectivity index (χ4v) is 8.22. The number of methoxy groups -OCH3 is 1. The molecule has 9 rings (SSSR count). The Morgan fingerprint density at radius 3 is 1.65 bits per heavy atom. The Hall–Kier alpha value is -6.49. The minimum absolute atomic E-state index is 0.260. The minimum Gasteiger partial charge on any atom is -0.496 e. The highest BCUT2D eigenvalue weighted by Gasteiger charge is 2.48. The zero-order valence-corrected chi connectivity index (χ0v) is 34.9. The van der Waals surface area contributed by atoms with Crippen molar-refractivity contribution in [2.75, 3.05) is 7.11 Å². The maximum atomic E-state index is 13.7. The molecule has 0 saturated carbocycles. The van der Waals surface area contributed by atoms with Crippen LogP contribution in [0.4, 0.5) is 0 Å². The SMILES string of the molecule is COc1cc(C)cc2c(=O)oc3c4cccc(OCc5ccccc5)c4c(OC4O[C@@H](C)[C@H](OCc5ccccc5)[C@@H](OCc5ccccc5)[C@H]4OCc4ccccc4)cc3c12. The van der Waals surface area contributed by atoms with Crippen molar-refractivity contribution in [3.05, 3.63) is 196 Å². The van der Waals surface area contributed by atoms with Crippen LogP contribution in [0.25, 0.3) is 32.5 Å². The first-order chi connectivity index (χ1) is 30.4. The zero-order valence-electron chi connectivity index (χ0n) is 34.9. The predicted octanol–water partition coefficient (Wildman–Crippen LogP) is 10.9. The summed E-state index contributed by atoms with van der Waals surface area (Å²) in [5.74, 6) is 1.51. The second kappa shape index (κ2) is 18.6. The first-order valence-electron chi connectivity index (χ1n) is 20.9. The van der Waals surface area contributed by atoms with Crippen LogP contribution in [0.1, 0.15) is 34.7 Å². The number of benzene rings is 7. The molecule has 1 fully saturated rings. The van der Waals surface area contributed by atoms with Gasteiger partial charge in [-0.2, -0.15) is 0 Å². The summed E-state index contributed by atoms with van der Waals surface area (Å²) in [7, 11) is 1.60. The van der Waals surface area contributed by atoms with Crippen LogP contribution in [0, 0.1) is 6.92 Å². The molecule has 1 aromatic heterocycles. The summed E-state index contributed by atoms with van der Waals surface area (Å²) >= 11 is 0. The summed E-state index contributed by atoms with van der Waals surface area (Å²) in [6, 6.07) is 51.3. The van der Waals surface area contributed by atoms with E-state index in [0.717, 1.165) is 27.8 Å². The molecule has 0 radical (unpaired) electrons. The third-order valence-corrected chi connectivity index (χ3v) is 11.3. The predicted molar refractivity (Wildman–Crippen MR) is 240 cm³/mol. The van der Waals surface area contributed by atoms with Gasteiger partial charge in [-0.3, -0.25) is 0 Å². The van der Waals surface area contributed by atoms with Crippen LogP contribution < -0.4 is 19.8 Å². The zero-order chi connectivity index (χ0) is 42.4. The molecule has 1 aliphatic rings. The van der Waals surface area contributed by atoms with Crippen molar-refractivity contribution in [2.45, 2.75) is 71.0 Å². The summed E-state index contributed by atoms with van der Waals surface area (Å²) in [5, 5.41) is 2.87. The lowest BCUT2D eigenvalue weighted by molar-refractivity contribution is -0.300. The van der Waals surface area contributed by atoms with Crippen LogP contribution in [0.3, 0.4) is 0 Å². The molecular formula is C53H48O9. The third kappa shape index (κ3) is 8.80. The Morgan fingerprint density at radius 2 is 1.06 bits per heavy atom. The van der Waals surface area contributed by atoms with Crippen molar-refractivity contribution in [3.8, 4) is 17.2 Å². The Kier molecular flexibility index (Phi) is 12.3. The quantitative estimate of drug-likeness (QED) is 0.0739. The van der Waals surface area contributed by atoms with Crippen molar-refractivity contribution in [2.24, 2.45) is 0 Å². The maximum Gasteiger partial charge on any atom is 0.344 e. The summed E-state index contributed by atoms with van der Waals surface area (Å²) in [6.45, 7) is 5.10. The number of rotatable bonds is 15.